The van der Waals surface area contributed by atoms with Gasteiger partial charge in [-0.15, -0.1) is 28.1 Å². The van der Waals surface area contributed by atoms with Gasteiger partial charge in [0.25, 0.3) is 0 Å². The van der Waals surface area contributed by atoms with Crippen molar-refractivity contribution in [3.05, 3.63) is 84.0 Å². The molecule has 0 bridgehead atoms. The average molecular weight is 579 g/mol. The zero-order chi connectivity index (χ0) is 28.5. The number of ether oxygens (including phenoxy) is 3. The first-order valence-electron chi connectivity index (χ1n) is 12.6. The fraction of sp³-hybridized carbons (Fsp3) is 0.241. The largest absolute Gasteiger partial charge is 0.497 e. The van der Waals surface area contributed by atoms with Crippen LogP contribution in [0.4, 0.5) is 5.00 Å². The van der Waals surface area contributed by atoms with Crippen molar-refractivity contribution < 1.29 is 23.8 Å². The molecule has 1 atom stereocenters. The molecule has 0 fully saturated rings. The first-order chi connectivity index (χ1) is 19.4. The number of thiophene rings is 1. The van der Waals surface area contributed by atoms with E-state index < -0.39 is 12.1 Å². The lowest BCUT2D eigenvalue weighted by molar-refractivity contribution is -0.113. The number of amides is 1. The van der Waals surface area contributed by atoms with Crippen molar-refractivity contribution in [1.82, 2.24) is 14.8 Å². The number of thioether (sulfide) groups is 1. The Bertz CT molecular complexity index is 1450. The molecule has 4 aromatic rings. The number of anilines is 1. The second kappa shape index (κ2) is 13.8. The number of allylic oxidation sites excluding steroid dienone is 1. The summed E-state index contributed by atoms with van der Waals surface area (Å²) in [6, 6.07) is 16.8. The molecule has 2 heterocycles. The molecule has 0 saturated carbocycles. The van der Waals surface area contributed by atoms with Crippen molar-refractivity contribution in [3.63, 3.8) is 0 Å². The minimum atomic E-state index is -0.480. The molecular weight excluding hydrogens is 548 g/mol. The highest BCUT2D eigenvalue weighted by Crippen LogP contribution is 2.36. The summed E-state index contributed by atoms with van der Waals surface area (Å²) in [6.45, 7) is 8.14. The van der Waals surface area contributed by atoms with Crippen LogP contribution >= 0.6 is 23.1 Å². The number of hydrogen-bond acceptors (Lipinski definition) is 9. The van der Waals surface area contributed by atoms with Gasteiger partial charge < -0.3 is 19.5 Å². The minimum absolute atomic E-state index is 0.0594. The highest BCUT2D eigenvalue weighted by Gasteiger charge is 2.24. The molecule has 11 heteroatoms. The first kappa shape index (κ1) is 28.9. The van der Waals surface area contributed by atoms with Crippen LogP contribution in [-0.4, -0.2) is 46.1 Å². The maximum Gasteiger partial charge on any atom is 0.341 e. The number of hydrogen-bond donors (Lipinski definition) is 1. The fourth-order valence-electron chi connectivity index (χ4n) is 3.90. The number of nitrogens with zero attached hydrogens (tertiary/aromatic N) is 3. The molecule has 0 aliphatic carbocycles. The van der Waals surface area contributed by atoms with Gasteiger partial charge in [0.2, 0.25) is 5.91 Å². The summed E-state index contributed by atoms with van der Waals surface area (Å²) in [5, 5.41) is 14.3. The number of carbonyl (C=O) groups is 2. The third-order valence-corrected chi connectivity index (χ3v) is 7.60. The van der Waals surface area contributed by atoms with E-state index in [2.05, 4.69) is 22.1 Å². The molecule has 0 aliphatic rings. The van der Waals surface area contributed by atoms with Gasteiger partial charge in [-0.3, -0.25) is 9.36 Å². The van der Waals surface area contributed by atoms with Crippen LogP contribution in [0.15, 0.2) is 77.8 Å². The van der Waals surface area contributed by atoms with Crippen molar-refractivity contribution >= 4 is 40.0 Å². The van der Waals surface area contributed by atoms with Gasteiger partial charge in [0, 0.05) is 17.5 Å². The van der Waals surface area contributed by atoms with Crippen molar-refractivity contribution in [2.24, 2.45) is 0 Å². The number of aromatic nitrogens is 3. The SMILES string of the molecule is C=CCn1c(SCC(=O)Nc2scc(-c3ccccc3)c2C(=O)OCC)nnc1C(C)Oc1ccc(OC)cc1. The van der Waals surface area contributed by atoms with E-state index in [-0.39, 0.29) is 18.3 Å². The summed E-state index contributed by atoms with van der Waals surface area (Å²) in [7, 11) is 1.61. The molecule has 0 aliphatic heterocycles. The van der Waals surface area contributed by atoms with Gasteiger partial charge in [-0.05, 0) is 43.7 Å². The lowest BCUT2D eigenvalue weighted by Gasteiger charge is -2.16. The Morgan fingerprint density at radius 1 is 1.12 bits per heavy atom. The first-order valence-corrected chi connectivity index (χ1v) is 14.4. The topological polar surface area (TPSA) is 105 Å². The molecular formula is C29H30N4O5S2. The summed E-state index contributed by atoms with van der Waals surface area (Å²) >= 11 is 2.52. The van der Waals surface area contributed by atoms with E-state index in [4.69, 9.17) is 14.2 Å². The predicted molar refractivity (Wildman–Crippen MR) is 157 cm³/mol. The van der Waals surface area contributed by atoms with Gasteiger partial charge in [-0.1, -0.05) is 48.2 Å². The maximum atomic E-state index is 13.0. The zero-order valence-corrected chi connectivity index (χ0v) is 24.1. The van der Waals surface area contributed by atoms with E-state index in [0.717, 1.165) is 11.3 Å². The lowest BCUT2D eigenvalue weighted by Crippen LogP contribution is -2.17. The van der Waals surface area contributed by atoms with Gasteiger partial charge >= 0.3 is 5.97 Å². The van der Waals surface area contributed by atoms with Crippen LogP contribution in [0.2, 0.25) is 0 Å². The lowest BCUT2D eigenvalue weighted by atomic mass is 10.0. The molecule has 4 rings (SSSR count). The number of esters is 1. The molecule has 0 radical (unpaired) electrons. The molecule has 2 aromatic carbocycles. The third kappa shape index (κ3) is 6.91. The third-order valence-electron chi connectivity index (χ3n) is 5.73. The molecule has 0 spiro atoms. The Labute approximate surface area is 241 Å². The second-order valence-electron chi connectivity index (χ2n) is 8.45. The van der Waals surface area contributed by atoms with Crippen LogP contribution in [-0.2, 0) is 16.1 Å². The molecule has 9 nitrogen and oxygen atoms in total. The standard InChI is InChI=1S/C29H30N4O5S2/c1-5-16-33-26(19(3)38-22-14-12-21(36-4)13-15-22)31-32-29(33)40-18-24(34)30-27-25(28(35)37-6-2)23(17-39-27)20-10-8-7-9-11-20/h5,7-15,17,19H,1,6,16,18H2,2-4H3,(H,30,34). The number of nitrogens with one attached hydrogen (secondary N) is 1. The normalized spacial score (nSPS) is 11.5. The Hall–Kier alpha value is -4.09. The van der Waals surface area contributed by atoms with E-state index >= 15 is 0 Å². The van der Waals surface area contributed by atoms with Crippen LogP contribution < -0.4 is 14.8 Å². The van der Waals surface area contributed by atoms with Gasteiger partial charge in [0.1, 0.15) is 22.1 Å². The minimum Gasteiger partial charge on any atom is -0.497 e. The highest BCUT2D eigenvalue weighted by molar-refractivity contribution is 7.99. The van der Waals surface area contributed by atoms with Crippen molar-refractivity contribution in [2.75, 3.05) is 24.8 Å². The average Bonchev–Trinajstić information content (AvgIpc) is 3.57. The van der Waals surface area contributed by atoms with E-state index in [1.54, 1.807) is 20.1 Å². The molecule has 1 unspecified atom stereocenters. The van der Waals surface area contributed by atoms with Crippen molar-refractivity contribution in [3.8, 4) is 22.6 Å². The molecule has 208 valence electrons. The summed E-state index contributed by atoms with van der Waals surface area (Å²) in [5.41, 5.74) is 1.93. The maximum absolute atomic E-state index is 13.0. The number of methoxy groups -OCH3 is 1. The molecule has 2 aromatic heterocycles. The summed E-state index contributed by atoms with van der Waals surface area (Å²) in [6.07, 6.45) is 1.33. The van der Waals surface area contributed by atoms with E-state index in [1.165, 1.54) is 23.1 Å². The van der Waals surface area contributed by atoms with Crippen LogP contribution in [0.5, 0.6) is 11.5 Å². The summed E-state index contributed by atoms with van der Waals surface area (Å²) in [4.78, 5) is 25.8. The Kier molecular flexibility index (Phi) is 9.98. The van der Waals surface area contributed by atoms with Crippen molar-refractivity contribution in [1.29, 1.82) is 0 Å². The number of benzene rings is 2. The Balaban J connectivity index is 1.46. The molecule has 1 amide bonds. The Morgan fingerprint density at radius 2 is 1.85 bits per heavy atom. The van der Waals surface area contributed by atoms with Gasteiger partial charge in [-0.25, -0.2) is 4.79 Å². The van der Waals surface area contributed by atoms with Crippen LogP contribution in [0.1, 0.15) is 36.1 Å². The van der Waals surface area contributed by atoms with Gasteiger partial charge in [-0.2, -0.15) is 0 Å². The molecule has 1 N–H and O–H groups in total. The van der Waals surface area contributed by atoms with Crippen LogP contribution in [0, 0.1) is 0 Å². The monoisotopic (exact) mass is 578 g/mol. The Morgan fingerprint density at radius 3 is 2.52 bits per heavy atom. The van der Waals surface area contributed by atoms with Crippen molar-refractivity contribution in [2.45, 2.75) is 31.7 Å². The van der Waals surface area contributed by atoms with Gasteiger partial charge in [0.05, 0.1) is 19.5 Å². The quantitative estimate of drug-likeness (QED) is 0.113. The highest BCUT2D eigenvalue weighted by atomic mass is 32.2. The van der Waals surface area contributed by atoms with E-state index in [0.29, 0.717) is 39.4 Å². The second-order valence-corrected chi connectivity index (χ2v) is 10.3. The van der Waals surface area contributed by atoms with Crippen LogP contribution in [0.3, 0.4) is 0 Å². The molecule has 0 saturated heterocycles. The number of rotatable bonds is 13. The van der Waals surface area contributed by atoms with E-state index in [1.807, 2.05) is 71.5 Å². The molecule has 40 heavy (non-hydrogen) atoms. The van der Waals surface area contributed by atoms with E-state index in [9.17, 15) is 9.59 Å². The smallest absolute Gasteiger partial charge is 0.341 e. The number of carbonyl (C=O) groups excluding carboxylic acids is 2. The van der Waals surface area contributed by atoms with Crippen LogP contribution in [0.25, 0.3) is 11.1 Å². The summed E-state index contributed by atoms with van der Waals surface area (Å²) in [5.74, 6) is 1.30. The summed E-state index contributed by atoms with van der Waals surface area (Å²) < 4.78 is 18.4. The predicted octanol–water partition coefficient (Wildman–Crippen LogP) is 6.25. The fourth-order valence-corrected chi connectivity index (χ4v) is 5.63. The van der Waals surface area contributed by atoms with Gasteiger partial charge in [0.15, 0.2) is 17.1 Å². The zero-order valence-electron chi connectivity index (χ0n) is 22.5.